The summed E-state index contributed by atoms with van der Waals surface area (Å²) < 4.78 is 22.6. The predicted octanol–water partition coefficient (Wildman–Crippen LogP) is 9.21. The number of ether oxygens (including phenoxy) is 4. The van der Waals surface area contributed by atoms with Gasteiger partial charge in [-0.2, -0.15) is 0 Å². The van der Waals surface area contributed by atoms with Crippen molar-refractivity contribution in [3.05, 3.63) is 134 Å². The Morgan fingerprint density at radius 1 is 0.500 bits per heavy atom. The number of amides is 1. The molecule has 2 aliphatic rings. The van der Waals surface area contributed by atoms with Gasteiger partial charge in [-0.1, -0.05) is 179 Å². The van der Waals surface area contributed by atoms with Gasteiger partial charge in [-0.05, 0) is 103 Å². The van der Waals surface area contributed by atoms with Gasteiger partial charge in [0, 0.05) is 6.42 Å². The average Bonchev–Trinajstić information content (AvgIpc) is 3.42. The minimum Gasteiger partial charge on any atom is -0.394 e. The third-order valence-electron chi connectivity index (χ3n) is 12.9. The van der Waals surface area contributed by atoms with E-state index >= 15 is 0 Å². The lowest BCUT2D eigenvalue weighted by Crippen LogP contribution is -2.65. The van der Waals surface area contributed by atoms with Crippen molar-refractivity contribution in [1.29, 1.82) is 0 Å². The lowest BCUT2D eigenvalue weighted by atomic mass is 9.97. The van der Waals surface area contributed by atoms with Crippen LogP contribution in [0.2, 0.25) is 0 Å². The van der Waals surface area contributed by atoms with Gasteiger partial charge in [-0.15, -0.1) is 0 Å². The molecule has 14 nitrogen and oxygen atoms in total. The minimum absolute atomic E-state index is 0.250. The molecule has 430 valence electrons. The second kappa shape index (κ2) is 46.1. The fourth-order valence-corrected chi connectivity index (χ4v) is 8.34. The Morgan fingerprint density at radius 3 is 1.45 bits per heavy atom. The van der Waals surface area contributed by atoms with E-state index in [-0.39, 0.29) is 18.9 Å². The molecule has 2 heterocycles. The van der Waals surface area contributed by atoms with Crippen LogP contribution in [0.1, 0.15) is 155 Å². The largest absolute Gasteiger partial charge is 0.394 e. The van der Waals surface area contributed by atoms with E-state index in [1.54, 1.807) is 6.08 Å². The van der Waals surface area contributed by atoms with Crippen molar-refractivity contribution in [1.82, 2.24) is 5.32 Å². The number of carbonyl (C=O) groups excluding carboxylic acids is 1. The van der Waals surface area contributed by atoms with Crippen LogP contribution in [0.3, 0.4) is 0 Å². The number of hydrogen-bond donors (Lipinski definition) is 9. The molecule has 0 aromatic rings. The van der Waals surface area contributed by atoms with Crippen molar-refractivity contribution >= 4 is 5.91 Å². The molecule has 0 radical (unpaired) electrons. The Kier molecular flexibility index (Phi) is 41.4. The zero-order valence-corrected chi connectivity index (χ0v) is 45.9. The quantitative estimate of drug-likeness (QED) is 0.0206. The Balaban J connectivity index is 1.67. The van der Waals surface area contributed by atoms with Crippen LogP contribution in [-0.4, -0.2) is 140 Å². The second-order valence-corrected chi connectivity index (χ2v) is 19.3. The molecule has 12 unspecified atom stereocenters. The average molecular weight is 1070 g/mol. The molecule has 0 aromatic carbocycles. The van der Waals surface area contributed by atoms with Crippen LogP contribution in [0.15, 0.2) is 134 Å². The van der Waals surface area contributed by atoms with E-state index in [0.29, 0.717) is 12.8 Å². The summed E-state index contributed by atoms with van der Waals surface area (Å²) in [5, 5.41) is 86.6. The van der Waals surface area contributed by atoms with Gasteiger partial charge in [0.2, 0.25) is 5.91 Å². The first-order valence-electron chi connectivity index (χ1n) is 28.4. The fourth-order valence-electron chi connectivity index (χ4n) is 8.34. The second-order valence-electron chi connectivity index (χ2n) is 19.3. The van der Waals surface area contributed by atoms with Crippen LogP contribution in [-0.2, 0) is 23.7 Å². The zero-order valence-electron chi connectivity index (χ0n) is 45.9. The monoisotopic (exact) mass is 1070 g/mol. The number of unbranched alkanes of at least 4 members (excludes halogenated alkanes) is 10. The number of carbonyl (C=O) groups is 1. The van der Waals surface area contributed by atoms with Crippen molar-refractivity contribution < 1.29 is 64.6 Å². The lowest BCUT2D eigenvalue weighted by Gasteiger charge is -2.46. The third-order valence-corrected chi connectivity index (χ3v) is 12.9. The highest BCUT2D eigenvalue weighted by atomic mass is 16.7. The number of aliphatic hydroxyl groups is 8. The van der Waals surface area contributed by atoms with E-state index in [1.807, 2.05) is 19.1 Å². The Hall–Kier alpha value is -3.87. The van der Waals surface area contributed by atoms with E-state index in [2.05, 4.69) is 128 Å². The predicted molar refractivity (Wildman–Crippen MR) is 304 cm³/mol. The molecule has 2 saturated heterocycles. The first-order valence-corrected chi connectivity index (χ1v) is 28.4. The molecular weight excluding hydrogens is 967 g/mol. The molecule has 2 fully saturated rings. The normalized spacial score (nSPS) is 25.9. The molecule has 9 N–H and O–H groups in total. The fraction of sp³-hybridized carbons (Fsp3) is 0.629. The maximum atomic E-state index is 13.2. The highest BCUT2D eigenvalue weighted by Crippen LogP contribution is 2.30. The Labute approximate surface area is 456 Å². The molecule has 0 aliphatic carbocycles. The summed E-state index contributed by atoms with van der Waals surface area (Å²) in [7, 11) is 0. The smallest absolute Gasteiger partial charge is 0.220 e. The van der Waals surface area contributed by atoms with E-state index in [0.717, 1.165) is 103 Å². The Bertz CT molecular complexity index is 1780. The molecule has 0 aromatic heterocycles. The van der Waals surface area contributed by atoms with Gasteiger partial charge >= 0.3 is 0 Å². The standard InChI is InChI=1S/C62H99NO13/c1-3-5-7-9-11-13-14-15-16-17-18-19-20-21-22-23-24-25-26-27-28-29-30-31-32-33-34-35-36-38-40-42-44-46-54(67)63-50(51(66)45-43-41-39-37-12-10-8-6-4-2)49-73-61-59(72)57(70)60(53(48-65)75-61)76-62-58(71)56(69)55(68)52(47-64)74-62/h4-7,11-13,15-16,18-19,21-22,24-25,27-28,30-31,37,43,45,50-53,55-62,64-66,68-72H,3,8-10,14,17,20,23,26,29,32-36,38-42,44,46-49H2,1-2H3,(H,63,67)/b6-4+,7-5-,13-11-,16-15-,19-18-,22-21-,25-24-,28-27-,31-30-,37-12+,45-43+. The van der Waals surface area contributed by atoms with Crippen LogP contribution in [0.4, 0.5) is 0 Å². The topological polar surface area (TPSA) is 228 Å². The summed E-state index contributed by atoms with van der Waals surface area (Å²) in [4.78, 5) is 13.2. The van der Waals surface area contributed by atoms with Gasteiger partial charge in [0.15, 0.2) is 12.6 Å². The number of rotatable bonds is 42. The number of aliphatic hydroxyl groups excluding tert-OH is 8. The van der Waals surface area contributed by atoms with E-state index in [4.69, 9.17) is 18.9 Å². The van der Waals surface area contributed by atoms with Crippen LogP contribution < -0.4 is 5.32 Å². The lowest BCUT2D eigenvalue weighted by molar-refractivity contribution is -0.359. The number of nitrogens with one attached hydrogen (secondary N) is 1. The summed E-state index contributed by atoms with van der Waals surface area (Å²) in [5.41, 5.74) is 0. The van der Waals surface area contributed by atoms with Gasteiger partial charge in [-0.3, -0.25) is 4.79 Å². The van der Waals surface area contributed by atoms with Crippen LogP contribution in [0.25, 0.3) is 0 Å². The van der Waals surface area contributed by atoms with Gasteiger partial charge in [0.05, 0.1) is 32.0 Å². The minimum atomic E-state index is -1.80. The molecule has 0 spiro atoms. The van der Waals surface area contributed by atoms with Crippen molar-refractivity contribution in [2.24, 2.45) is 0 Å². The van der Waals surface area contributed by atoms with Crippen LogP contribution in [0.5, 0.6) is 0 Å². The first-order chi connectivity index (χ1) is 37.1. The zero-order chi connectivity index (χ0) is 55.3. The molecule has 0 saturated carbocycles. The molecule has 2 rings (SSSR count). The van der Waals surface area contributed by atoms with Gasteiger partial charge in [0.1, 0.15) is 48.8 Å². The van der Waals surface area contributed by atoms with Gasteiger partial charge in [0.25, 0.3) is 0 Å². The van der Waals surface area contributed by atoms with Crippen molar-refractivity contribution in [2.75, 3.05) is 19.8 Å². The third kappa shape index (κ3) is 31.5. The van der Waals surface area contributed by atoms with Crippen LogP contribution >= 0.6 is 0 Å². The Morgan fingerprint density at radius 2 is 0.934 bits per heavy atom. The maximum absolute atomic E-state index is 13.2. The molecule has 12 atom stereocenters. The molecule has 14 heteroatoms. The molecule has 76 heavy (non-hydrogen) atoms. The van der Waals surface area contributed by atoms with Gasteiger partial charge in [-0.25, -0.2) is 0 Å². The van der Waals surface area contributed by atoms with Crippen molar-refractivity contribution in [3.63, 3.8) is 0 Å². The maximum Gasteiger partial charge on any atom is 0.220 e. The van der Waals surface area contributed by atoms with Crippen molar-refractivity contribution in [3.8, 4) is 0 Å². The SMILES string of the molecule is C/C=C/CC/C=C/CC/C=C/C(O)C(COC1OC(CO)C(OC2OC(CO)C(O)C(O)C2O)C(O)C1O)NC(=O)CCCCCCCCCC/C=C\C/C=C\C/C=C\C/C=C\C/C=C\C/C=C\C/C=C\C/C=C\CC. The first kappa shape index (κ1) is 68.2. The highest BCUT2D eigenvalue weighted by molar-refractivity contribution is 5.76. The number of allylic oxidation sites excluding steroid dienone is 21. The molecular formula is C62H99NO13. The molecule has 2 aliphatic heterocycles. The number of hydrogen-bond acceptors (Lipinski definition) is 13. The summed E-state index contributed by atoms with van der Waals surface area (Å²) in [6.07, 6.45) is 51.1. The summed E-state index contributed by atoms with van der Waals surface area (Å²) in [5.74, 6) is -0.273. The van der Waals surface area contributed by atoms with E-state index in [9.17, 15) is 45.6 Å². The molecule has 1 amide bonds. The van der Waals surface area contributed by atoms with Crippen molar-refractivity contribution in [2.45, 2.75) is 229 Å². The van der Waals surface area contributed by atoms with E-state index < -0.39 is 86.8 Å². The van der Waals surface area contributed by atoms with Gasteiger partial charge < -0.3 is 65.1 Å². The van der Waals surface area contributed by atoms with E-state index in [1.165, 1.54) is 19.3 Å². The highest BCUT2D eigenvalue weighted by Gasteiger charge is 2.51. The molecule has 0 bridgehead atoms. The summed E-state index contributed by atoms with van der Waals surface area (Å²) in [6, 6.07) is -0.950. The summed E-state index contributed by atoms with van der Waals surface area (Å²) in [6.45, 7) is 2.37. The van der Waals surface area contributed by atoms with Crippen LogP contribution in [0, 0.1) is 0 Å². The summed E-state index contributed by atoms with van der Waals surface area (Å²) >= 11 is 0.